The maximum Gasteiger partial charge on any atom is 0.344 e. The highest BCUT2D eigenvalue weighted by molar-refractivity contribution is 5.87. The Morgan fingerprint density at radius 2 is 1.71 bits per heavy atom. The molecule has 1 aliphatic heterocycles. The number of rotatable bonds is 1. The predicted octanol–water partition coefficient (Wildman–Crippen LogP) is 2.24. The van der Waals surface area contributed by atoms with Crippen LogP contribution in [-0.4, -0.2) is 16.8 Å². The molecule has 1 unspecified atom stereocenters. The summed E-state index contributed by atoms with van der Waals surface area (Å²) in [5.74, 6) is -0.284. The number of hydrazine groups is 1. The number of anilines is 2. The van der Waals surface area contributed by atoms with E-state index in [1.165, 1.54) is 5.01 Å². The van der Waals surface area contributed by atoms with Crippen molar-refractivity contribution in [3.05, 3.63) is 64.6 Å². The summed E-state index contributed by atoms with van der Waals surface area (Å²) in [4.78, 5) is 25.2. The number of nitrogens with two attached hydrogens (primary N) is 1. The molecule has 5 nitrogen and oxygen atoms in total. The number of hydrogen-bond donors (Lipinski definition) is 1. The molecule has 3 rings (SSSR count). The summed E-state index contributed by atoms with van der Waals surface area (Å²) in [5.41, 5.74) is 8.97. The van der Waals surface area contributed by atoms with Crippen molar-refractivity contribution >= 4 is 17.2 Å². The van der Waals surface area contributed by atoms with Crippen LogP contribution in [0.2, 0.25) is 0 Å². The van der Waals surface area contributed by atoms with E-state index in [4.69, 9.17) is 5.73 Å². The predicted molar refractivity (Wildman–Crippen MR) is 80.1 cm³/mol. The average Bonchev–Trinajstić information content (AvgIpc) is 2.58. The number of carbonyl (C=O) groups excluding carboxylic acids is 1. The van der Waals surface area contributed by atoms with Crippen LogP contribution >= 0.6 is 0 Å². The molecule has 2 aromatic rings. The minimum Gasteiger partial charge on any atom is -0.290 e. The van der Waals surface area contributed by atoms with Crippen molar-refractivity contribution in [2.24, 2.45) is 5.73 Å². The van der Waals surface area contributed by atoms with E-state index in [1.807, 2.05) is 55.5 Å². The van der Waals surface area contributed by atoms with Crippen LogP contribution in [0.15, 0.2) is 48.5 Å². The van der Waals surface area contributed by atoms with Gasteiger partial charge in [-0.1, -0.05) is 41.4 Å². The van der Waals surface area contributed by atoms with Crippen molar-refractivity contribution in [2.75, 3.05) is 5.01 Å². The van der Waals surface area contributed by atoms with Crippen LogP contribution in [0.1, 0.15) is 11.1 Å². The first-order valence-electron chi connectivity index (χ1n) is 6.78. The lowest BCUT2D eigenvalue weighted by Gasteiger charge is -2.17. The monoisotopic (exact) mass is 282 g/mol. The number of Topliss-reactive ketones (excluding diaryl/α,β-unsaturated/α-hetero) is 1. The van der Waals surface area contributed by atoms with Gasteiger partial charge in [-0.05, 0) is 30.2 Å². The van der Waals surface area contributed by atoms with E-state index >= 15 is 0 Å². The molecular weight excluding hydrogens is 266 g/mol. The Bertz CT molecular complexity index is 727. The van der Waals surface area contributed by atoms with E-state index in [0.717, 1.165) is 16.8 Å². The quantitative estimate of drug-likeness (QED) is 0.815. The van der Waals surface area contributed by atoms with Gasteiger partial charge in [0.2, 0.25) is 5.78 Å². The minimum atomic E-state index is -1.20. The molecule has 0 bridgehead atoms. The average molecular weight is 282 g/mol. The molecular formula is C16H16N3O2+. The zero-order valence-corrected chi connectivity index (χ0v) is 11.7. The zero-order chi connectivity index (χ0) is 15.0. The van der Waals surface area contributed by atoms with Gasteiger partial charge in [0.25, 0.3) is 0 Å². The molecule has 5 heteroatoms. The maximum absolute atomic E-state index is 12.6. The number of carbonyl (C=O) groups is 1. The van der Waals surface area contributed by atoms with Gasteiger partial charge in [-0.3, -0.25) is 10.5 Å². The van der Waals surface area contributed by atoms with Crippen LogP contribution in [0.25, 0.3) is 0 Å². The number of fused-ring (bicyclic) bond motifs is 1. The molecule has 0 radical (unpaired) electrons. The van der Waals surface area contributed by atoms with Crippen LogP contribution in [0.5, 0.6) is 0 Å². The summed E-state index contributed by atoms with van der Waals surface area (Å²) in [6.45, 7) is 1.92. The summed E-state index contributed by atoms with van der Waals surface area (Å²) in [7, 11) is 0. The van der Waals surface area contributed by atoms with Crippen molar-refractivity contribution in [1.82, 2.24) is 0 Å². The molecule has 2 N–H and O–H groups in total. The number of nitrogens with zero attached hydrogens (tertiary/aromatic N) is 2. The van der Waals surface area contributed by atoms with Gasteiger partial charge in [-0.25, -0.2) is 0 Å². The second-order valence-corrected chi connectivity index (χ2v) is 5.12. The number of nitroso groups, excluding NO2 is 1. The second-order valence-electron chi connectivity index (χ2n) is 5.12. The van der Waals surface area contributed by atoms with Gasteiger partial charge in [0.1, 0.15) is 11.4 Å². The number of aryl methyl sites for hydroxylation is 1. The van der Waals surface area contributed by atoms with E-state index in [-0.39, 0.29) is 12.2 Å². The number of para-hydroxylation sites is 2. The third-order valence-electron chi connectivity index (χ3n) is 3.69. The summed E-state index contributed by atoms with van der Waals surface area (Å²) in [6, 6.07) is 14.9. The first-order chi connectivity index (χ1) is 10.1. The van der Waals surface area contributed by atoms with Crippen LogP contribution in [0, 0.1) is 11.8 Å². The fourth-order valence-electron chi connectivity index (χ4n) is 2.55. The fraction of sp³-hybridized carbons (Fsp3) is 0.188. The SMILES string of the molecule is Cc1ccccc1N1c2ccccc2CC(=O)C(N)[N+]1=O. The lowest BCUT2D eigenvalue weighted by atomic mass is 10.1. The Kier molecular flexibility index (Phi) is 3.27. The van der Waals surface area contributed by atoms with Crippen molar-refractivity contribution in [3.8, 4) is 0 Å². The van der Waals surface area contributed by atoms with Gasteiger partial charge in [0.05, 0.1) is 4.91 Å². The molecule has 1 atom stereocenters. The van der Waals surface area contributed by atoms with Gasteiger partial charge < -0.3 is 0 Å². The zero-order valence-electron chi connectivity index (χ0n) is 11.7. The molecule has 2 aromatic carbocycles. The normalized spacial score (nSPS) is 18.4. The summed E-state index contributed by atoms with van der Waals surface area (Å²) < 4.78 is 0. The molecule has 1 aliphatic rings. The molecule has 0 aromatic heterocycles. The number of ketones is 1. The van der Waals surface area contributed by atoms with Gasteiger partial charge in [0.15, 0.2) is 4.87 Å². The van der Waals surface area contributed by atoms with Gasteiger partial charge in [0, 0.05) is 6.42 Å². The molecule has 0 amide bonds. The number of hydrogen-bond acceptors (Lipinski definition) is 3. The van der Waals surface area contributed by atoms with Gasteiger partial charge in [-0.15, -0.1) is 0 Å². The van der Waals surface area contributed by atoms with E-state index in [1.54, 1.807) is 0 Å². The van der Waals surface area contributed by atoms with Crippen molar-refractivity contribution in [1.29, 1.82) is 0 Å². The molecule has 106 valence electrons. The summed E-state index contributed by atoms with van der Waals surface area (Å²) >= 11 is 0. The van der Waals surface area contributed by atoms with Crippen molar-refractivity contribution in [2.45, 2.75) is 19.5 Å². The highest BCUT2D eigenvalue weighted by Crippen LogP contribution is 2.33. The second kappa shape index (κ2) is 5.10. The largest absolute Gasteiger partial charge is 0.344 e. The number of benzene rings is 2. The van der Waals surface area contributed by atoms with E-state index in [2.05, 4.69) is 0 Å². The third-order valence-corrected chi connectivity index (χ3v) is 3.69. The Morgan fingerprint density at radius 3 is 2.43 bits per heavy atom. The molecule has 0 saturated carbocycles. The van der Waals surface area contributed by atoms with Crippen LogP contribution in [0.3, 0.4) is 0 Å². The van der Waals surface area contributed by atoms with Gasteiger partial charge in [-0.2, -0.15) is 0 Å². The Balaban J connectivity index is 2.24. The molecule has 0 aliphatic carbocycles. The van der Waals surface area contributed by atoms with Crippen LogP contribution in [0.4, 0.5) is 11.4 Å². The first kappa shape index (κ1) is 13.5. The lowest BCUT2D eigenvalue weighted by molar-refractivity contribution is -0.574. The Morgan fingerprint density at radius 1 is 1.10 bits per heavy atom. The van der Waals surface area contributed by atoms with E-state index in [9.17, 15) is 9.70 Å². The topological polar surface area (TPSA) is 66.4 Å². The standard InChI is InChI=1S/C16H16N3O2/c1-11-6-2-4-8-13(11)18-14-9-5-3-7-12(14)10-15(20)16(17)19(18)21/h2-9,16H,10,17H2,1H3/q+1. The van der Waals surface area contributed by atoms with Crippen LogP contribution < -0.4 is 10.7 Å². The lowest BCUT2D eigenvalue weighted by Crippen LogP contribution is -2.46. The molecule has 1 heterocycles. The molecule has 0 saturated heterocycles. The summed E-state index contributed by atoms with van der Waals surface area (Å²) in [5, 5.41) is 1.49. The Hall–Kier alpha value is -2.53. The van der Waals surface area contributed by atoms with Crippen molar-refractivity contribution in [3.63, 3.8) is 0 Å². The smallest absolute Gasteiger partial charge is 0.290 e. The Labute approximate surface area is 122 Å². The van der Waals surface area contributed by atoms with E-state index < -0.39 is 6.17 Å². The molecule has 21 heavy (non-hydrogen) atoms. The maximum atomic E-state index is 12.6. The minimum absolute atomic E-state index is 0.165. The third kappa shape index (κ3) is 2.21. The highest BCUT2D eigenvalue weighted by atomic mass is 16.3. The van der Waals surface area contributed by atoms with Crippen molar-refractivity contribution < 1.29 is 9.66 Å². The van der Waals surface area contributed by atoms with Crippen LogP contribution in [-0.2, 0) is 11.2 Å². The van der Waals surface area contributed by atoms with E-state index in [0.29, 0.717) is 10.6 Å². The highest BCUT2D eigenvalue weighted by Gasteiger charge is 2.41. The fourth-order valence-corrected chi connectivity index (χ4v) is 2.55. The first-order valence-corrected chi connectivity index (χ1v) is 6.78. The molecule has 0 fully saturated rings. The molecule has 0 spiro atoms. The summed E-state index contributed by atoms with van der Waals surface area (Å²) in [6.07, 6.45) is -1.03. The van der Waals surface area contributed by atoms with Gasteiger partial charge >= 0.3 is 6.17 Å².